The van der Waals surface area contributed by atoms with Crippen LogP contribution < -0.4 is 5.32 Å². The summed E-state index contributed by atoms with van der Waals surface area (Å²) < 4.78 is 40.0. The highest BCUT2D eigenvalue weighted by molar-refractivity contribution is 6.46. The summed E-state index contributed by atoms with van der Waals surface area (Å²) >= 11 is 0. The molecule has 0 saturated heterocycles. The SMILES string of the molecule is Cc1nn(-c2cccc(C(F)(F)F)c2)c(C)c1C(=O)C(=O)Nc1ncn[nH]1. The van der Waals surface area contributed by atoms with E-state index in [0.29, 0.717) is 0 Å². The van der Waals surface area contributed by atoms with E-state index < -0.39 is 23.4 Å². The van der Waals surface area contributed by atoms with E-state index >= 15 is 0 Å². The molecule has 0 fully saturated rings. The summed E-state index contributed by atoms with van der Waals surface area (Å²) in [7, 11) is 0. The van der Waals surface area contributed by atoms with Gasteiger partial charge in [-0.25, -0.2) is 9.78 Å². The van der Waals surface area contributed by atoms with E-state index in [1.807, 2.05) is 0 Å². The Balaban J connectivity index is 1.95. The van der Waals surface area contributed by atoms with Crippen molar-refractivity contribution in [1.29, 1.82) is 0 Å². The molecule has 0 aliphatic carbocycles. The van der Waals surface area contributed by atoms with Gasteiger partial charge in [0.15, 0.2) is 0 Å². The second-order valence-electron chi connectivity index (χ2n) is 5.62. The minimum atomic E-state index is -4.51. The molecule has 0 saturated carbocycles. The Kier molecular flexibility index (Phi) is 4.52. The molecule has 140 valence electrons. The lowest BCUT2D eigenvalue weighted by molar-refractivity contribution is -0.137. The predicted molar refractivity (Wildman–Crippen MR) is 87.4 cm³/mol. The van der Waals surface area contributed by atoms with E-state index in [1.165, 1.54) is 30.7 Å². The van der Waals surface area contributed by atoms with Crippen molar-refractivity contribution < 1.29 is 22.8 Å². The van der Waals surface area contributed by atoms with Crippen LogP contribution in [0.1, 0.15) is 27.3 Å². The number of Topliss-reactive ketones (excluding diaryl/α,β-unsaturated/α-hetero) is 1. The van der Waals surface area contributed by atoms with Gasteiger partial charge in [0.25, 0.3) is 11.7 Å². The first-order valence-electron chi connectivity index (χ1n) is 7.63. The number of carbonyl (C=O) groups is 2. The van der Waals surface area contributed by atoms with Crippen LogP contribution in [0.25, 0.3) is 5.69 Å². The van der Waals surface area contributed by atoms with Crippen LogP contribution in [-0.2, 0) is 11.0 Å². The topological polar surface area (TPSA) is 106 Å². The Hall–Kier alpha value is -3.50. The average molecular weight is 378 g/mol. The third kappa shape index (κ3) is 3.57. The number of ketones is 1. The van der Waals surface area contributed by atoms with Gasteiger partial charge >= 0.3 is 6.18 Å². The van der Waals surface area contributed by atoms with E-state index in [9.17, 15) is 22.8 Å². The molecule has 0 spiro atoms. The number of alkyl halides is 3. The van der Waals surface area contributed by atoms with Gasteiger partial charge < -0.3 is 0 Å². The van der Waals surface area contributed by atoms with Crippen LogP contribution >= 0.6 is 0 Å². The van der Waals surface area contributed by atoms with Crippen LogP contribution in [0.2, 0.25) is 0 Å². The molecule has 0 atom stereocenters. The Bertz CT molecular complexity index is 1010. The van der Waals surface area contributed by atoms with Crippen molar-refractivity contribution in [3.05, 3.63) is 53.1 Å². The molecular weight excluding hydrogens is 365 g/mol. The number of hydrogen-bond acceptors (Lipinski definition) is 5. The van der Waals surface area contributed by atoms with Crippen LogP contribution in [0.3, 0.4) is 0 Å². The van der Waals surface area contributed by atoms with Crippen molar-refractivity contribution in [3.8, 4) is 5.69 Å². The second kappa shape index (κ2) is 6.67. The third-order valence-electron chi connectivity index (χ3n) is 3.79. The number of halogens is 3. The highest BCUT2D eigenvalue weighted by Gasteiger charge is 2.31. The number of nitrogens with one attached hydrogen (secondary N) is 2. The third-order valence-corrected chi connectivity index (χ3v) is 3.79. The van der Waals surface area contributed by atoms with Crippen LogP contribution in [0.15, 0.2) is 30.6 Å². The quantitative estimate of drug-likeness (QED) is 0.536. The number of nitrogens with zero attached hydrogens (tertiary/aromatic N) is 4. The van der Waals surface area contributed by atoms with Crippen molar-refractivity contribution >= 4 is 17.6 Å². The molecule has 1 amide bonds. The van der Waals surface area contributed by atoms with Crippen molar-refractivity contribution in [1.82, 2.24) is 25.0 Å². The van der Waals surface area contributed by atoms with Crippen LogP contribution in [0.4, 0.5) is 19.1 Å². The minimum absolute atomic E-state index is 0.00410. The molecule has 0 radical (unpaired) electrons. The van der Waals surface area contributed by atoms with Gasteiger partial charge in [0.05, 0.1) is 28.2 Å². The standard InChI is InChI=1S/C16H13F3N6O2/c1-8-12(13(26)14(27)22-15-20-7-21-23-15)9(2)25(24-8)11-5-3-4-10(6-11)16(17,18)19/h3-7H,1-2H3,(H2,20,21,22,23,27). The van der Waals surface area contributed by atoms with Gasteiger partial charge in [-0.1, -0.05) is 6.07 Å². The number of aromatic nitrogens is 5. The molecule has 1 aromatic carbocycles. The molecule has 0 aliphatic rings. The number of aromatic amines is 1. The Morgan fingerprint density at radius 3 is 2.59 bits per heavy atom. The first kappa shape index (κ1) is 18.3. The summed E-state index contributed by atoms with van der Waals surface area (Å²) in [6.07, 6.45) is -3.36. The zero-order valence-corrected chi connectivity index (χ0v) is 14.1. The highest BCUT2D eigenvalue weighted by Crippen LogP contribution is 2.30. The van der Waals surface area contributed by atoms with Gasteiger partial charge in [-0.15, -0.1) is 0 Å². The smallest absolute Gasteiger partial charge is 0.288 e. The molecule has 0 bridgehead atoms. The van der Waals surface area contributed by atoms with Gasteiger partial charge in [0, 0.05) is 0 Å². The Morgan fingerprint density at radius 1 is 1.22 bits per heavy atom. The molecule has 2 heterocycles. The number of rotatable bonds is 4. The maximum atomic E-state index is 12.9. The van der Waals surface area contributed by atoms with E-state index in [0.717, 1.165) is 18.5 Å². The monoisotopic (exact) mass is 378 g/mol. The summed E-state index contributed by atoms with van der Waals surface area (Å²) in [6.45, 7) is 2.99. The van der Waals surface area contributed by atoms with Crippen LogP contribution in [-0.4, -0.2) is 36.7 Å². The lowest BCUT2D eigenvalue weighted by Gasteiger charge is -2.10. The number of amides is 1. The zero-order chi connectivity index (χ0) is 19.8. The predicted octanol–water partition coefficient (Wildman–Crippen LogP) is 2.45. The van der Waals surface area contributed by atoms with Gasteiger partial charge in [-0.2, -0.15) is 28.4 Å². The number of benzene rings is 1. The molecule has 3 aromatic rings. The van der Waals surface area contributed by atoms with Gasteiger partial charge in [-0.05, 0) is 32.0 Å². The molecule has 2 aromatic heterocycles. The maximum Gasteiger partial charge on any atom is 0.416 e. The normalized spacial score (nSPS) is 11.4. The van der Waals surface area contributed by atoms with Gasteiger partial charge in [0.1, 0.15) is 6.33 Å². The Labute approximate surface area is 150 Å². The van der Waals surface area contributed by atoms with Gasteiger partial charge in [0.2, 0.25) is 5.95 Å². The number of hydrogen-bond donors (Lipinski definition) is 2. The number of aryl methyl sites for hydroxylation is 1. The van der Waals surface area contributed by atoms with Crippen molar-refractivity contribution in [2.45, 2.75) is 20.0 Å². The van der Waals surface area contributed by atoms with Crippen molar-refractivity contribution in [2.75, 3.05) is 5.32 Å². The minimum Gasteiger partial charge on any atom is -0.288 e. The number of H-pyrrole nitrogens is 1. The summed E-state index contributed by atoms with van der Waals surface area (Å²) in [5, 5.41) is 12.3. The lowest BCUT2D eigenvalue weighted by Crippen LogP contribution is -2.24. The first-order chi connectivity index (χ1) is 12.7. The summed E-state index contributed by atoms with van der Waals surface area (Å²) in [6, 6.07) is 4.53. The van der Waals surface area contributed by atoms with Crippen molar-refractivity contribution in [3.63, 3.8) is 0 Å². The fraction of sp³-hybridized carbons (Fsp3) is 0.188. The van der Waals surface area contributed by atoms with E-state index in [1.54, 1.807) is 0 Å². The fourth-order valence-electron chi connectivity index (χ4n) is 2.58. The van der Waals surface area contributed by atoms with E-state index in [4.69, 9.17) is 0 Å². The lowest BCUT2D eigenvalue weighted by atomic mass is 10.1. The summed E-state index contributed by atoms with van der Waals surface area (Å²) in [5.41, 5.74) is -0.264. The Morgan fingerprint density at radius 2 is 1.96 bits per heavy atom. The summed E-state index contributed by atoms with van der Waals surface area (Å²) in [5.74, 6) is -1.87. The average Bonchev–Trinajstić information content (AvgIpc) is 3.21. The van der Waals surface area contributed by atoms with Crippen LogP contribution in [0.5, 0.6) is 0 Å². The molecule has 27 heavy (non-hydrogen) atoms. The molecule has 11 heteroatoms. The number of anilines is 1. The summed E-state index contributed by atoms with van der Waals surface area (Å²) in [4.78, 5) is 28.3. The number of carbonyl (C=O) groups excluding carboxylic acids is 2. The fourth-order valence-corrected chi connectivity index (χ4v) is 2.58. The second-order valence-corrected chi connectivity index (χ2v) is 5.62. The molecule has 8 nitrogen and oxygen atoms in total. The van der Waals surface area contributed by atoms with Gasteiger partial charge in [-0.3, -0.25) is 14.9 Å². The maximum absolute atomic E-state index is 12.9. The molecular formula is C16H13F3N6O2. The molecule has 0 unspecified atom stereocenters. The molecule has 3 rings (SSSR count). The largest absolute Gasteiger partial charge is 0.416 e. The molecule has 0 aliphatic heterocycles. The van der Waals surface area contributed by atoms with Crippen LogP contribution in [0, 0.1) is 13.8 Å². The molecule has 2 N–H and O–H groups in total. The van der Waals surface area contributed by atoms with E-state index in [2.05, 4.69) is 25.6 Å². The zero-order valence-electron chi connectivity index (χ0n) is 14.1. The van der Waals surface area contributed by atoms with E-state index in [-0.39, 0.29) is 28.6 Å². The first-order valence-corrected chi connectivity index (χ1v) is 7.63. The van der Waals surface area contributed by atoms with Crippen molar-refractivity contribution in [2.24, 2.45) is 0 Å². The highest BCUT2D eigenvalue weighted by atomic mass is 19.4.